The topological polar surface area (TPSA) is 179 Å². The van der Waals surface area contributed by atoms with Crippen molar-refractivity contribution in [3.05, 3.63) is 36.7 Å². The van der Waals surface area contributed by atoms with Gasteiger partial charge in [0.15, 0.2) is 40.7 Å². The largest absolute Gasteiger partial charge is 0.653 e. The van der Waals surface area contributed by atoms with Crippen molar-refractivity contribution in [1.29, 1.82) is 0 Å². The summed E-state index contributed by atoms with van der Waals surface area (Å²) in [5.74, 6) is -0.862. The first kappa shape index (κ1) is 34.1. The molecule has 1 aliphatic rings. The summed E-state index contributed by atoms with van der Waals surface area (Å²) in [5, 5.41) is 16.4. The second kappa shape index (κ2) is 14.1. The molecule has 0 bridgehead atoms. The molecule has 1 fully saturated rings. The van der Waals surface area contributed by atoms with Crippen molar-refractivity contribution in [1.82, 2.24) is 24.4 Å². The van der Waals surface area contributed by atoms with Gasteiger partial charge < -0.3 is 24.7 Å². The number of alkyl halides is 1. The SMILES string of the molecule is CNc1nc(NC(=O)C(C)C)nc2c1ncn2[C@@H]1OC(CO[P+](=O)N(Oc2ccccc2)[C@@H](C)C(=O)OC(C)C)[C@@H](O)[C@@]1(C)F. The van der Waals surface area contributed by atoms with Crippen LogP contribution >= 0.6 is 8.18 Å². The second-order valence-corrected chi connectivity index (χ2v) is 12.3. The van der Waals surface area contributed by atoms with Crippen molar-refractivity contribution >= 4 is 43.0 Å². The summed E-state index contributed by atoms with van der Waals surface area (Å²) in [7, 11) is -1.28. The Morgan fingerprint density at radius 1 is 1.20 bits per heavy atom. The van der Waals surface area contributed by atoms with Crippen LogP contribution in [0.2, 0.25) is 0 Å². The molecular weight excluding hydrogens is 612 g/mol. The van der Waals surface area contributed by atoms with Crippen LogP contribution in [-0.4, -0.2) is 85.0 Å². The predicted molar refractivity (Wildman–Crippen MR) is 161 cm³/mol. The van der Waals surface area contributed by atoms with Gasteiger partial charge in [-0.1, -0.05) is 32.0 Å². The number of fused-ring (bicyclic) bond motifs is 1. The molecule has 45 heavy (non-hydrogen) atoms. The lowest BCUT2D eigenvalue weighted by Crippen LogP contribution is -2.41. The first-order valence-electron chi connectivity index (χ1n) is 14.3. The second-order valence-electron chi connectivity index (χ2n) is 11.1. The monoisotopic (exact) mass is 650 g/mol. The molecule has 1 aliphatic heterocycles. The summed E-state index contributed by atoms with van der Waals surface area (Å²) >= 11 is 0. The minimum Gasteiger partial charge on any atom is -0.462 e. The molecule has 0 saturated carbocycles. The third kappa shape index (κ3) is 7.53. The molecule has 15 nitrogen and oxygen atoms in total. The highest BCUT2D eigenvalue weighted by molar-refractivity contribution is 7.36. The maximum atomic E-state index is 16.2. The van der Waals surface area contributed by atoms with Crippen molar-refractivity contribution in [2.24, 2.45) is 5.92 Å². The summed E-state index contributed by atoms with van der Waals surface area (Å²) < 4.78 is 47.5. The van der Waals surface area contributed by atoms with Crippen molar-refractivity contribution in [2.45, 2.75) is 77.8 Å². The lowest BCUT2D eigenvalue weighted by Gasteiger charge is -2.24. The fourth-order valence-electron chi connectivity index (χ4n) is 4.38. The number of para-hydroxylation sites is 1. The Morgan fingerprint density at radius 3 is 2.51 bits per heavy atom. The number of hydrogen-bond acceptors (Lipinski definition) is 12. The molecule has 1 amide bonds. The van der Waals surface area contributed by atoms with E-state index in [-0.39, 0.29) is 40.5 Å². The minimum atomic E-state index is -2.88. The number of anilines is 2. The normalized spacial score (nSPS) is 22.6. The van der Waals surface area contributed by atoms with Gasteiger partial charge in [-0.25, -0.2) is 9.37 Å². The van der Waals surface area contributed by atoms with Crippen LogP contribution in [0.5, 0.6) is 5.75 Å². The average Bonchev–Trinajstić information content (AvgIpc) is 3.51. The Morgan fingerprint density at radius 2 is 1.89 bits per heavy atom. The Labute approximate surface area is 260 Å². The van der Waals surface area contributed by atoms with Crippen LogP contribution in [0.4, 0.5) is 16.2 Å². The number of halogens is 1. The standard InChI is InChI=1S/C28H37FN7O8P/c1-15(2)24(38)34-27-32-22(30-7)20-23(33-27)35(14-31-20)26-28(6,29)21(37)19(43-26)13-41-45(40)36(17(5)25(39)42-16(3)4)44-18-11-9-8-10-12-18/h8-12,14-17,19,21,26,37H,13H2,1-7H3,(H-,30,32,33,34,38)/p+1/t17-,19?,21+,26+,28+/m0/s1. The van der Waals surface area contributed by atoms with Crippen LogP contribution in [0.15, 0.2) is 36.7 Å². The third-order valence-corrected chi connectivity index (χ3v) is 7.98. The number of nitrogens with zero attached hydrogens (tertiary/aromatic N) is 5. The van der Waals surface area contributed by atoms with Gasteiger partial charge in [0.1, 0.15) is 23.6 Å². The molecule has 6 atom stereocenters. The molecule has 17 heteroatoms. The van der Waals surface area contributed by atoms with Gasteiger partial charge in [-0.05, 0) is 44.4 Å². The molecule has 0 spiro atoms. The molecule has 2 unspecified atom stereocenters. The highest BCUT2D eigenvalue weighted by Crippen LogP contribution is 2.44. The predicted octanol–water partition coefficient (Wildman–Crippen LogP) is 3.76. The number of aliphatic hydroxyl groups is 1. The van der Waals surface area contributed by atoms with Gasteiger partial charge in [0.2, 0.25) is 11.9 Å². The quantitative estimate of drug-likeness (QED) is 0.138. The molecular formula is C28H38FN7O8P+. The molecule has 4 rings (SSSR count). The molecule has 0 radical (unpaired) electrons. The Balaban J connectivity index is 1.55. The molecule has 244 valence electrons. The number of aromatic nitrogens is 4. The number of ether oxygens (including phenoxy) is 2. The molecule has 1 saturated heterocycles. The number of carbonyl (C=O) groups excluding carboxylic acids is 2. The van der Waals surface area contributed by atoms with Crippen molar-refractivity contribution < 1.29 is 42.5 Å². The lowest BCUT2D eigenvalue weighted by molar-refractivity contribution is -0.159. The fraction of sp³-hybridized carbons (Fsp3) is 0.536. The maximum Gasteiger partial charge on any atom is 0.653 e. The smallest absolute Gasteiger partial charge is 0.462 e. The summed E-state index contributed by atoms with van der Waals surface area (Å²) in [5.41, 5.74) is -2.00. The van der Waals surface area contributed by atoms with Crippen molar-refractivity contribution in [3.8, 4) is 5.75 Å². The van der Waals surface area contributed by atoms with Gasteiger partial charge in [-0.15, -0.1) is 4.52 Å². The number of amides is 1. The highest BCUT2D eigenvalue weighted by Gasteiger charge is 2.56. The molecule has 2 aromatic heterocycles. The maximum absolute atomic E-state index is 16.2. The molecule has 1 aromatic carbocycles. The zero-order valence-electron chi connectivity index (χ0n) is 26.0. The first-order chi connectivity index (χ1) is 21.2. The van der Waals surface area contributed by atoms with Crippen LogP contribution in [0.3, 0.4) is 0 Å². The van der Waals surface area contributed by atoms with E-state index in [2.05, 4.69) is 25.6 Å². The number of esters is 1. The number of hydroxylamine groups is 1. The first-order valence-corrected chi connectivity index (χ1v) is 15.5. The summed E-state index contributed by atoms with van der Waals surface area (Å²) in [4.78, 5) is 44.4. The Kier molecular flexibility index (Phi) is 10.7. The van der Waals surface area contributed by atoms with Crippen molar-refractivity contribution in [3.63, 3.8) is 0 Å². The molecule has 3 heterocycles. The fourth-order valence-corrected chi connectivity index (χ4v) is 5.31. The zero-order valence-corrected chi connectivity index (χ0v) is 26.9. The Bertz CT molecular complexity index is 1520. The van der Waals surface area contributed by atoms with Gasteiger partial charge in [-0.3, -0.25) is 19.5 Å². The van der Waals surface area contributed by atoms with Gasteiger partial charge in [0, 0.05) is 13.0 Å². The minimum absolute atomic E-state index is 0.0353. The van der Waals surface area contributed by atoms with E-state index in [4.69, 9.17) is 18.8 Å². The zero-order chi connectivity index (χ0) is 33.1. The number of nitrogens with one attached hydrogen (secondary N) is 2. The summed E-state index contributed by atoms with van der Waals surface area (Å²) in [6.07, 6.45) is -3.64. The number of aliphatic hydroxyl groups excluding tert-OH is 1. The van der Waals surface area contributed by atoms with E-state index in [9.17, 15) is 19.3 Å². The molecule has 3 N–H and O–H groups in total. The molecule has 0 aliphatic carbocycles. The van der Waals surface area contributed by atoms with E-state index in [1.807, 2.05) is 0 Å². The third-order valence-electron chi connectivity index (χ3n) is 6.86. The van der Waals surface area contributed by atoms with E-state index in [1.54, 1.807) is 65.1 Å². The van der Waals surface area contributed by atoms with Gasteiger partial charge in [0.05, 0.1) is 12.4 Å². The average molecular weight is 651 g/mol. The highest BCUT2D eigenvalue weighted by atomic mass is 31.1. The van der Waals surface area contributed by atoms with Gasteiger partial charge in [-0.2, -0.15) is 9.97 Å². The van der Waals surface area contributed by atoms with E-state index < -0.39 is 57.0 Å². The number of rotatable bonds is 13. The molecule has 3 aromatic rings. The van der Waals surface area contributed by atoms with Crippen molar-refractivity contribution in [2.75, 3.05) is 24.3 Å². The van der Waals surface area contributed by atoms with Crippen LogP contribution < -0.4 is 15.5 Å². The number of hydrogen-bond donors (Lipinski definition) is 3. The summed E-state index contributed by atoms with van der Waals surface area (Å²) in [6.45, 7) is 8.80. The van der Waals surface area contributed by atoms with E-state index in [1.165, 1.54) is 17.8 Å². The van der Waals surface area contributed by atoms with Gasteiger partial charge >= 0.3 is 14.1 Å². The Hall–Kier alpha value is -3.82. The van der Waals surface area contributed by atoms with E-state index in [0.717, 1.165) is 11.8 Å². The van der Waals surface area contributed by atoms with Crippen LogP contribution in [0, 0.1) is 5.92 Å². The van der Waals surface area contributed by atoms with Crippen LogP contribution in [0.1, 0.15) is 47.8 Å². The number of carbonyl (C=O) groups is 2. The van der Waals surface area contributed by atoms with Gasteiger partial charge in [0.25, 0.3) is 0 Å². The number of benzene rings is 1. The van der Waals surface area contributed by atoms with E-state index >= 15 is 4.39 Å². The number of imidazole rings is 1. The van der Waals surface area contributed by atoms with E-state index in [0.29, 0.717) is 0 Å². The summed E-state index contributed by atoms with van der Waals surface area (Å²) in [6, 6.07) is 7.17. The lowest BCUT2D eigenvalue weighted by atomic mass is 9.98. The van der Waals surface area contributed by atoms with Crippen LogP contribution in [0.25, 0.3) is 11.2 Å². The van der Waals surface area contributed by atoms with Crippen LogP contribution in [-0.2, 0) is 28.2 Å².